The summed E-state index contributed by atoms with van der Waals surface area (Å²) in [5.74, 6) is 0.445. The summed E-state index contributed by atoms with van der Waals surface area (Å²) in [5, 5.41) is 2.63. The van der Waals surface area contributed by atoms with E-state index in [1.54, 1.807) is 4.90 Å². The third-order valence-corrected chi connectivity index (χ3v) is 3.92. The van der Waals surface area contributed by atoms with E-state index < -0.39 is 0 Å². The van der Waals surface area contributed by atoms with E-state index in [1.165, 1.54) is 0 Å². The van der Waals surface area contributed by atoms with Crippen molar-refractivity contribution in [2.45, 2.75) is 32.4 Å². The van der Waals surface area contributed by atoms with Crippen molar-refractivity contribution >= 4 is 11.8 Å². The fourth-order valence-electron chi connectivity index (χ4n) is 2.97. The molecule has 5 nitrogen and oxygen atoms in total. The van der Waals surface area contributed by atoms with E-state index >= 15 is 0 Å². The number of piperidine rings is 1. The predicted molar refractivity (Wildman–Crippen MR) is 64.4 cm³/mol. The summed E-state index contributed by atoms with van der Waals surface area (Å²) in [7, 11) is 2.10. The zero-order chi connectivity index (χ0) is 12.6. The third-order valence-electron chi connectivity index (χ3n) is 3.92. The van der Waals surface area contributed by atoms with Gasteiger partial charge in [0.1, 0.15) is 6.04 Å². The summed E-state index contributed by atoms with van der Waals surface area (Å²) in [5.41, 5.74) is 0. The molecule has 2 amide bonds. The highest BCUT2D eigenvalue weighted by Gasteiger charge is 2.39. The molecule has 2 saturated heterocycles. The first-order valence-electron chi connectivity index (χ1n) is 6.28. The molecule has 1 N–H and O–H groups in total. The number of rotatable bonds is 1. The first-order chi connectivity index (χ1) is 8.00. The zero-order valence-electron chi connectivity index (χ0n) is 10.8. The van der Waals surface area contributed by atoms with E-state index in [0.717, 1.165) is 19.5 Å². The average molecular weight is 239 g/mol. The van der Waals surface area contributed by atoms with Gasteiger partial charge in [-0.25, -0.2) is 0 Å². The normalized spacial score (nSPS) is 35.9. The lowest BCUT2D eigenvalue weighted by atomic mass is 9.91. The van der Waals surface area contributed by atoms with Crippen LogP contribution in [0.3, 0.4) is 0 Å². The number of nitrogens with one attached hydrogen (secondary N) is 1. The van der Waals surface area contributed by atoms with Gasteiger partial charge in [0.25, 0.3) is 0 Å². The lowest BCUT2D eigenvalue weighted by Crippen LogP contribution is -2.63. The van der Waals surface area contributed by atoms with Gasteiger partial charge in [0.05, 0.1) is 6.54 Å². The Bertz CT molecular complexity index is 332. The van der Waals surface area contributed by atoms with Gasteiger partial charge >= 0.3 is 0 Å². The summed E-state index contributed by atoms with van der Waals surface area (Å²) in [4.78, 5) is 27.7. The van der Waals surface area contributed by atoms with Crippen LogP contribution < -0.4 is 5.32 Å². The van der Waals surface area contributed by atoms with Gasteiger partial charge in [-0.05, 0) is 32.9 Å². The van der Waals surface area contributed by atoms with Gasteiger partial charge in [0.15, 0.2) is 0 Å². The van der Waals surface area contributed by atoms with E-state index in [0.29, 0.717) is 5.92 Å². The molecule has 0 aromatic carbocycles. The highest BCUT2D eigenvalue weighted by Crippen LogP contribution is 2.24. The Morgan fingerprint density at radius 2 is 2.00 bits per heavy atom. The first kappa shape index (κ1) is 12.4. The Kier molecular flexibility index (Phi) is 3.38. The molecule has 3 atom stereocenters. The molecule has 0 aliphatic carbocycles. The smallest absolute Gasteiger partial charge is 0.242 e. The van der Waals surface area contributed by atoms with Gasteiger partial charge in [-0.2, -0.15) is 0 Å². The zero-order valence-corrected chi connectivity index (χ0v) is 10.8. The van der Waals surface area contributed by atoms with Crippen molar-refractivity contribution in [2.75, 3.05) is 26.7 Å². The van der Waals surface area contributed by atoms with Crippen LogP contribution in [0.25, 0.3) is 0 Å². The minimum atomic E-state index is -0.327. The van der Waals surface area contributed by atoms with Crippen LogP contribution in [0.2, 0.25) is 0 Å². The molecule has 2 aliphatic rings. The molecular formula is C12H21N3O2. The molecule has 2 aliphatic heterocycles. The lowest BCUT2D eigenvalue weighted by molar-refractivity contribution is -0.150. The molecule has 0 saturated carbocycles. The summed E-state index contributed by atoms with van der Waals surface area (Å²) in [6.45, 7) is 6.11. The Morgan fingerprint density at radius 1 is 1.29 bits per heavy atom. The summed E-state index contributed by atoms with van der Waals surface area (Å²) in [6, 6.07) is -0.119. The molecule has 3 unspecified atom stereocenters. The van der Waals surface area contributed by atoms with Crippen molar-refractivity contribution < 1.29 is 9.59 Å². The second kappa shape index (κ2) is 4.64. The molecule has 5 heteroatoms. The molecule has 96 valence electrons. The maximum Gasteiger partial charge on any atom is 0.242 e. The molecule has 2 fully saturated rings. The third kappa shape index (κ3) is 2.29. The molecule has 0 radical (unpaired) electrons. The van der Waals surface area contributed by atoms with Gasteiger partial charge in [0.2, 0.25) is 11.8 Å². The largest absolute Gasteiger partial charge is 0.345 e. The Labute approximate surface area is 102 Å². The number of carbonyl (C=O) groups excluding carboxylic acids is 2. The maximum absolute atomic E-state index is 12.0. The van der Waals surface area contributed by atoms with E-state index in [1.807, 2.05) is 6.92 Å². The summed E-state index contributed by atoms with van der Waals surface area (Å²) < 4.78 is 0. The Balaban J connectivity index is 2.14. The topological polar surface area (TPSA) is 52.6 Å². The second-order valence-electron chi connectivity index (χ2n) is 5.29. The quantitative estimate of drug-likeness (QED) is 0.682. The van der Waals surface area contributed by atoms with Gasteiger partial charge < -0.3 is 15.1 Å². The second-order valence-corrected chi connectivity index (χ2v) is 5.29. The van der Waals surface area contributed by atoms with Crippen LogP contribution in [0.5, 0.6) is 0 Å². The number of piperazine rings is 1. The number of hydrogen-bond donors (Lipinski definition) is 1. The van der Waals surface area contributed by atoms with Crippen LogP contribution in [-0.4, -0.2) is 60.4 Å². The Hall–Kier alpha value is -1.10. The number of carbonyl (C=O) groups is 2. The van der Waals surface area contributed by atoms with Gasteiger partial charge in [-0.15, -0.1) is 0 Å². The van der Waals surface area contributed by atoms with Crippen molar-refractivity contribution in [3.63, 3.8) is 0 Å². The highest BCUT2D eigenvalue weighted by atomic mass is 16.2. The summed E-state index contributed by atoms with van der Waals surface area (Å²) in [6.07, 6.45) is 0.959. The molecule has 0 bridgehead atoms. The van der Waals surface area contributed by atoms with Crippen LogP contribution >= 0.6 is 0 Å². The molecule has 0 spiro atoms. The van der Waals surface area contributed by atoms with Crippen molar-refractivity contribution in [2.24, 2.45) is 5.92 Å². The van der Waals surface area contributed by atoms with E-state index in [4.69, 9.17) is 0 Å². The van der Waals surface area contributed by atoms with Gasteiger partial charge in [0, 0.05) is 12.6 Å². The van der Waals surface area contributed by atoms with Crippen LogP contribution in [0.15, 0.2) is 0 Å². The van der Waals surface area contributed by atoms with Crippen LogP contribution in [0.1, 0.15) is 20.3 Å². The highest BCUT2D eigenvalue weighted by molar-refractivity contribution is 5.94. The van der Waals surface area contributed by atoms with Crippen LogP contribution in [0.4, 0.5) is 0 Å². The fourth-order valence-corrected chi connectivity index (χ4v) is 2.97. The molecule has 2 heterocycles. The minimum absolute atomic E-state index is 0.0317. The number of nitrogens with zero attached hydrogens (tertiary/aromatic N) is 2. The van der Waals surface area contributed by atoms with E-state index in [9.17, 15) is 9.59 Å². The molecule has 17 heavy (non-hydrogen) atoms. The van der Waals surface area contributed by atoms with Crippen molar-refractivity contribution in [3.8, 4) is 0 Å². The summed E-state index contributed by atoms with van der Waals surface area (Å²) >= 11 is 0. The fraction of sp³-hybridized carbons (Fsp3) is 0.833. The maximum atomic E-state index is 12.0. The standard InChI is InChI=1S/C12H21N3O2/c1-8-7-14(3)5-4-10(8)15-9(2)12(17)13-6-11(15)16/h8-10H,4-7H2,1-3H3,(H,13,17). The minimum Gasteiger partial charge on any atom is -0.345 e. The van der Waals surface area contributed by atoms with Crippen LogP contribution in [0, 0.1) is 5.92 Å². The van der Waals surface area contributed by atoms with E-state index in [2.05, 4.69) is 24.2 Å². The molecule has 2 rings (SSSR count). The van der Waals surface area contributed by atoms with Gasteiger partial charge in [-0.3, -0.25) is 9.59 Å². The van der Waals surface area contributed by atoms with Crippen molar-refractivity contribution in [3.05, 3.63) is 0 Å². The monoisotopic (exact) mass is 239 g/mol. The average Bonchev–Trinajstić information content (AvgIpc) is 2.27. The molecule has 0 aromatic heterocycles. The van der Waals surface area contributed by atoms with Crippen molar-refractivity contribution in [1.29, 1.82) is 0 Å². The SMILES string of the molecule is CC1CN(C)CCC1N1C(=O)CNC(=O)C1C. The van der Waals surface area contributed by atoms with Crippen molar-refractivity contribution in [1.82, 2.24) is 15.1 Å². The predicted octanol–water partition coefficient (Wildman–Crippen LogP) is -0.326. The Morgan fingerprint density at radius 3 is 2.65 bits per heavy atom. The number of hydrogen-bond acceptors (Lipinski definition) is 3. The molecule has 0 aromatic rings. The van der Waals surface area contributed by atoms with Crippen LogP contribution in [-0.2, 0) is 9.59 Å². The van der Waals surface area contributed by atoms with Gasteiger partial charge in [-0.1, -0.05) is 6.92 Å². The van der Waals surface area contributed by atoms with E-state index in [-0.39, 0.29) is 30.4 Å². The number of amides is 2. The first-order valence-corrected chi connectivity index (χ1v) is 6.28. The molecular weight excluding hydrogens is 218 g/mol. The number of likely N-dealkylation sites (tertiary alicyclic amines) is 1. The lowest BCUT2D eigenvalue weighted by Gasteiger charge is -2.45.